The first-order valence-corrected chi connectivity index (χ1v) is 7.39. The van der Waals surface area contributed by atoms with Crippen molar-refractivity contribution in [1.29, 1.82) is 0 Å². The molecule has 5 atom stereocenters. The van der Waals surface area contributed by atoms with Crippen LogP contribution in [-0.4, -0.2) is 27.7 Å². The summed E-state index contributed by atoms with van der Waals surface area (Å²) in [7, 11) is 0. The van der Waals surface area contributed by atoms with Gasteiger partial charge in [0.2, 0.25) is 0 Å². The van der Waals surface area contributed by atoms with E-state index in [9.17, 15) is 24.2 Å². The molecule has 0 saturated heterocycles. The SMILES string of the molecule is O=C(O)C12CC3CC1C2C3(NCc1ccc(F)cc1)C(=O)O. The van der Waals surface area contributed by atoms with Crippen molar-refractivity contribution < 1.29 is 24.2 Å². The van der Waals surface area contributed by atoms with Gasteiger partial charge in [-0.05, 0) is 42.4 Å². The summed E-state index contributed by atoms with van der Waals surface area (Å²) in [5.74, 6) is -2.67. The lowest BCUT2D eigenvalue weighted by Crippen LogP contribution is -2.55. The van der Waals surface area contributed by atoms with Gasteiger partial charge in [-0.3, -0.25) is 14.9 Å². The number of hydrogen-bond donors (Lipinski definition) is 3. The van der Waals surface area contributed by atoms with E-state index in [0.29, 0.717) is 19.4 Å². The minimum Gasteiger partial charge on any atom is -0.481 e. The van der Waals surface area contributed by atoms with Gasteiger partial charge in [-0.2, -0.15) is 0 Å². The molecule has 0 spiro atoms. The van der Waals surface area contributed by atoms with Crippen LogP contribution in [0.5, 0.6) is 0 Å². The third kappa shape index (κ3) is 1.41. The number of carbonyl (C=O) groups is 2. The van der Waals surface area contributed by atoms with Crippen molar-refractivity contribution in [2.24, 2.45) is 23.2 Å². The molecule has 5 rings (SSSR count). The normalized spacial score (nSPS) is 40.7. The fourth-order valence-corrected chi connectivity index (χ4v) is 5.13. The van der Waals surface area contributed by atoms with Crippen molar-refractivity contribution in [3.8, 4) is 0 Å². The summed E-state index contributed by atoms with van der Waals surface area (Å²) in [5, 5.41) is 22.3. The van der Waals surface area contributed by atoms with Gasteiger partial charge in [0.15, 0.2) is 0 Å². The molecule has 22 heavy (non-hydrogen) atoms. The summed E-state index contributed by atoms with van der Waals surface area (Å²) < 4.78 is 12.9. The molecule has 4 saturated carbocycles. The first kappa shape index (κ1) is 13.7. The van der Waals surface area contributed by atoms with E-state index >= 15 is 0 Å². The monoisotopic (exact) mass is 305 g/mol. The van der Waals surface area contributed by atoms with Crippen LogP contribution < -0.4 is 5.32 Å². The zero-order valence-electron chi connectivity index (χ0n) is 11.8. The number of halogens is 1. The van der Waals surface area contributed by atoms with Gasteiger partial charge in [0.1, 0.15) is 11.4 Å². The lowest BCUT2D eigenvalue weighted by molar-refractivity contribution is -0.147. The molecule has 6 heteroatoms. The summed E-state index contributed by atoms with van der Waals surface area (Å²) in [6.07, 6.45) is 1.11. The Balaban J connectivity index is 1.60. The van der Waals surface area contributed by atoms with Crippen molar-refractivity contribution in [2.45, 2.75) is 24.9 Å². The molecular formula is C16H16FNO4. The number of benzene rings is 1. The Kier molecular flexibility index (Phi) is 2.53. The minimum atomic E-state index is -1.16. The van der Waals surface area contributed by atoms with Crippen molar-refractivity contribution in [3.05, 3.63) is 35.6 Å². The van der Waals surface area contributed by atoms with Gasteiger partial charge in [-0.25, -0.2) is 4.39 Å². The quantitative estimate of drug-likeness (QED) is 0.767. The van der Waals surface area contributed by atoms with Crippen LogP contribution in [0, 0.1) is 29.0 Å². The topological polar surface area (TPSA) is 86.6 Å². The molecule has 5 nitrogen and oxygen atoms in total. The number of nitrogens with one attached hydrogen (secondary N) is 1. The van der Waals surface area contributed by atoms with E-state index in [1.54, 1.807) is 12.1 Å². The van der Waals surface area contributed by atoms with E-state index in [-0.39, 0.29) is 23.6 Å². The Morgan fingerprint density at radius 1 is 1.23 bits per heavy atom. The summed E-state index contributed by atoms with van der Waals surface area (Å²) in [6.45, 7) is 0.294. The highest BCUT2D eigenvalue weighted by Crippen LogP contribution is 2.82. The molecular weight excluding hydrogens is 289 g/mol. The second kappa shape index (κ2) is 4.07. The van der Waals surface area contributed by atoms with Crippen LogP contribution in [0.25, 0.3) is 0 Å². The molecule has 0 heterocycles. The van der Waals surface area contributed by atoms with Crippen molar-refractivity contribution in [3.63, 3.8) is 0 Å². The Bertz CT molecular complexity index is 675. The smallest absolute Gasteiger partial charge is 0.324 e. The highest BCUT2D eigenvalue weighted by molar-refractivity contribution is 5.91. The van der Waals surface area contributed by atoms with E-state index in [2.05, 4.69) is 5.32 Å². The first-order valence-electron chi connectivity index (χ1n) is 7.39. The van der Waals surface area contributed by atoms with Gasteiger partial charge in [0.05, 0.1) is 5.41 Å². The standard InChI is InChI=1S/C16H16FNO4/c17-10-3-1-8(2-4-10)7-18-16(14(21)22)9-5-11-12(16)15(11,6-9)13(19)20/h1-4,9,11-12,18H,5-7H2,(H,19,20)(H,21,22). The molecule has 0 aliphatic heterocycles. The van der Waals surface area contributed by atoms with E-state index in [1.807, 2.05) is 0 Å². The fraction of sp³-hybridized carbons (Fsp3) is 0.500. The summed E-state index contributed by atoms with van der Waals surface area (Å²) in [6, 6.07) is 5.87. The molecule has 0 radical (unpaired) electrons. The number of aliphatic carboxylic acids is 2. The third-order valence-electron chi connectivity index (χ3n) is 6.02. The highest BCUT2D eigenvalue weighted by atomic mass is 19.1. The average molecular weight is 305 g/mol. The largest absolute Gasteiger partial charge is 0.481 e. The number of hydrogen-bond acceptors (Lipinski definition) is 3. The Morgan fingerprint density at radius 2 is 1.91 bits per heavy atom. The average Bonchev–Trinajstić information content (AvgIpc) is 2.81. The van der Waals surface area contributed by atoms with Crippen LogP contribution in [0.4, 0.5) is 4.39 Å². The van der Waals surface area contributed by atoms with Gasteiger partial charge in [0, 0.05) is 12.5 Å². The predicted octanol–water partition coefficient (Wildman–Crippen LogP) is 1.48. The Labute approximate surface area is 126 Å². The molecule has 0 aromatic heterocycles. The molecule has 1 aromatic carbocycles. The summed E-state index contributed by atoms with van der Waals surface area (Å²) in [5.41, 5.74) is -1.20. The second-order valence-corrected chi connectivity index (χ2v) is 6.72. The number of carboxylic acid groups (broad SMARTS) is 2. The van der Waals surface area contributed by atoms with Gasteiger partial charge in [-0.15, -0.1) is 0 Å². The van der Waals surface area contributed by atoms with Crippen molar-refractivity contribution in [1.82, 2.24) is 5.32 Å². The molecule has 4 aliphatic carbocycles. The first-order chi connectivity index (χ1) is 10.4. The van der Waals surface area contributed by atoms with Crippen LogP contribution in [0.1, 0.15) is 18.4 Å². The zero-order chi connectivity index (χ0) is 15.7. The van der Waals surface area contributed by atoms with Crippen LogP contribution in [0.3, 0.4) is 0 Å². The van der Waals surface area contributed by atoms with E-state index in [4.69, 9.17) is 0 Å². The number of rotatable bonds is 5. The maximum Gasteiger partial charge on any atom is 0.324 e. The molecule has 116 valence electrons. The van der Waals surface area contributed by atoms with Crippen molar-refractivity contribution in [2.75, 3.05) is 0 Å². The highest BCUT2D eigenvalue weighted by Gasteiger charge is 2.89. The summed E-state index contributed by atoms with van der Waals surface area (Å²) >= 11 is 0. The summed E-state index contributed by atoms with van der Waals surface area (Å²) in [4.78, 5) is 23.5. The van der Waals surface area contributed by atoms with E-state index in [0.717, 1.165) is 5.56 Å². The molecule has 5 unspecified atom stereocenters. The number of carboxylic acids is 2. The van der Waals surface area contributed by atoms with Crippen LogP contribution in [-0.2, 0) is 16.1 Å². The minimum absolute atomic E-state index is 0.0215. The van der Waals surface area contributed by atoms with Gasteiger partial charge in [-0.1, -0.05) is 12.1 Å². The lowest BCUT2D eigenvalue weighted by atomic mass is 9.88. The molecule has 1 aromatic rings. The van der Waals surface area contributed by atoms with E-state index in [1.165, 1.54) is 12.1 Å². The molecule has 0 amide bonds. The second-order valence-electron chi connectivity index (χ2n) is 6.72. The van der Waals surface area contributed by atoms with Crippen molar-refractivity contribution >= 4 is 11.9 Å². The maximum absolute atomic E-state index is 12.9. The zero-order valence-corrected chi connectivity index (χ0v) is 11.8. The van der Waals surface area contributed by atoms with Gasteiger partial charge >= 0.3 is 11.9 Å². The molecule has 4 aliphatic rings. The molecule has 4 fully saturated rings. The Hall–Kier alpha value is -1.95. The third-order valence-corrected chi connectivity index (χ3v) is 6.02. The molecule has 4 bridgehead atoms. The van der Waals surface area contributed by atoms with Gasteiger partial charge < -0.3 is 10.2 Å². The molecule has 3 N–H and O–H groups in total. The van der Waals surface area contributed by atoms with E-state index < -0.39 is 22.9 Å². The van der Waals surface area contributed by atoms with Crippen LogP contribution >= 0.6 is 0 Å². The van der Waals surface area contributed by atoms with Gasteiger partial charge in [0.25, 0.3) is 0 Å². The lowest BCUT2D eigenvalue weighted by Gasteiger charge is -2.30. The Morgan fingerprint density at radius 3 is 2.41 bits per heavy atom. The predicted molar refractivity (Wildman–Crippen MR) is 73.4 cm³/mol. The van der Waals surface area contributed by atoms with Crippen LogP contribution in [0.15, 0.2) is 24.3 Å². The fourth-order valence-electron chi connectivity index (χ4n) is 5.13. The van der Waals surface area contributed by atoms with Crippen LogP contribution in [0.2, 0.25) is 0 Å². The maximum atomic E-state index is 12.9.